The third kappa shape index (κ3) is 4.62. The molecule has 1 amide bonds. The molecule has 2 aromatic heterocycles. The Labute approximate surface area is 216 Å². The largest absolute Gasteiger partial charge is 0.378 e. The lowest BCUT2D eigenvalue weighted by molar-refractivity contribution is -0.122. The van der Waals surface area contributed by atoms with Crippen LogP contribution in [0.5, 0.6) is 0 Å². The van der Waals surface area contributed by atoms with Crippen molar-refractivity contribution in [3.05, 3.63) is 36.7 Å². The first kappa shape index (κ1) is 23.7. The lowest BCUT2D eigenvalue weighted by Crippen LogP contribution is -2.50. The van der Waals surface area contributed by atoms with Gasteiger partial charge < -0.3 is 24.8 Å². The second-order valence-electron chi connectivity index (χ2n) is 10.9. The molecular weight excluding hydrogens is 466 g/mol. The van der Waals surface area contributed by atoms with Gasteiger partial charge in [0.15, 0.2) is 6.19 Å². The van der Waals surface area contributed by atoms with Crippen molar-refractivity contribution in [2.24, 2.45) is 11.3 Å². The first-order valence-electron chi connectivity index (χ1n) is 13.2. The number of nitrogens with zero attached hydrogens (tertiary/aromatic N) is 5. The molecule has 3 aromatic rings. The van der Waals surface area contributed by atoms with Crippen molar-refractivity contribution in [3.8, 4) is 17.5 Å². The number of rotatable bonds is 5. The second kappa shape index (κ2) is 9.67. The van der Waals surface area contributed by atoms with Gasteiger partial charge in [0.05, 0.1) is 18.6 Å². The van der Waals surface area contributed by atoms with Gasteiger partial charge >= 0.3 is 0 Å². The molecule has 3 fully saturated rings. The van der Waals surface area contributed by atoms with Gasteiger partial charge in [-0.25, -0.2) is 9.97 Å². The Hall–Kier alpha value is -3.64. The van der Waals surface area contributed by atoms with E-state index in [1.807, 2.05) is 31.3 Å². The van der Waals surface area contributed by atoms with Crippen LogP contribution in [0.3, 0.4) is 0 Å². The number of fused-ring (bicyclic) bond motifs is 1. The van der Waals surface area contributed by atoms with Crippen LogP contribution in [0.4, 0.5) is 11.5 Å². The quantitative estimate of drug-likeness (QED) is 0.401. The Morgan fingerprint density at radius 1 is 1.19 bits per heavy atom. The van der Waals surface area contributed by atoms with Gasteiger partial charge in [0, 0.05) is 43.5 Å². The first-order chi connectivity index (χ1) is 18.0. The molecule has 2 N–H and O–H groups in total. The van der Waals surface area contributed by atoms with E-state index in [2.05, 4.69) is 37.4 Å². The number of carbonyl (C=O) groups excluding carboxylic acids is 1. The Morgan fingerprint density at radius 2 is 1.92 bits per heavy atom. The van der Waals surface area contributed by atoms with Crippen LogP contribution in [-0.2, 0) is 9.53 Å². The van der Waals surface area contributed by atoms with E-state index in [-0.39, 0.29) is 11.8 Å². The van der Waals surface area contributed by atoms with E-state index in [0.29, 0.717) is 24.7 Å². The lowest BCUT2D eigenvalue weighted by Gasteiger charge is -2.52. The number of hydrogen-bond acceptors (Lipinski definition) is 7. The van der Waals surface area contributed by atoms with E-state index in [4.69, 9.17) is 10.00 Å². The summed E-state index contributed by atoms with van der Waals surface area (Å²) in [5.74, 6) is 1.11. The number of morpholine rings is 1. The molecule has 9 heteroatoms. The fourth-order valence-electron chi connectivity index (χ4n) is 6.28. The number of ether oxygens (including phenoxy) is 1. The highest BCUT2D eigenvalue weighted by atomic mass is 16.5. The predicted molar refractivity (Wildman–Crippen MR) is 142 cm³/mol. The zero-order valence-corrected chi connectivity index (χ0v) is 21.2. The summed E-state index contributed by atoms with van der Waals surface area (Å²) in [5, 5.41) is 13.2. The monoisotopic (exact) mass is 499 g/mol. The Balaban J connectivity index is 1.08. The summed E-state index contributed by atoms with van der Waals surface area (Å²) < 4.78 is 5.48. The molecule has 6 rings (SSSR count). The van der Waals surface area contributed by atoms with Crippen molar-refractivity contribution in [3.63, 3.8) is 0 Å². The van der Waals surface area contributed by atoms with Crippen LogP contribution in [-0.4, -0.2) is 65.2 Å². The summed E-state index contributed by atoms with van der Waals surface area (Å²) in [6.07, 6.45) is 10.0. The molecule has 2 saturated carbocycles. The van der Waals surface area contributed by atoms with Gasteiger partial charge in [-0.1, -0.05) is 12.1 Å². The zero-order valence-electron chi connectivity index (χ0n) is 21.2. The highest BCUT2D eigenvalue weighted by Gasteiger charge is 2.48. The number of amides is 1. The minimum absolute atomic E-state index is 0.0592. The van der Waals surface area contributed by atoms with Crippen molar-refractivity contribution < 1.29 is 9.53 Å². The number of anilines is 2. The number of hydrogen-bond donors (Lipinski definition) is 2. The zero-order chi connectivity index (χ0) is 25.4. The minimum Gasteiger partial charge on any atom is -0.378 e. The van der Waals surface area contributed by atoms with Gasteiger partial charge in [-0.2, -0.15) is 5.26 Å². The maximum absolute atomic E-state index is 13.0. The fraction of sp³-hybridized carbons (Fsp3) is 0.500. The number of benzene rings is 1. The summed E-state index contributed by atoms with van der Waals surface area (Å²) in [4.78, 5) is 29.4. The third-order valence-corrected chi connectivity index (χ3v) is 8.64. The van der Waals surface area contributed by atoms with E-state index in [1.54, 1.807) is 11.2 Å². The number of nitriles is 1. The van der Waals surface area contributed by atoms with E-state index in [9.17, 15) is 4.79 Å². The maximum atomic E-state index is 13.0. The van der Waals surface area contributed by atoms with Crippen LogP contribution in [0.1, 0.15) is 38.5 Å². The van der Waals surface area contributed by atoms with E-state index in [1.165, 1.54) is 0 Å². The van der Waals surface area contributed by atoms with Crippen LogP contribution in [0.2, 0.25) is 0 Å². The van der Waals surface area contributed by atoms with Crippen molar-refractivity contribution in [2.45, 2.75) is 44.6 Å². The molecule has 3 heterocycles. The average molecular weight is 500 g/mol. The second-order valence-corrected chi connectivity index (χ2v) is 10.9. The standard InChI is InChI=1S/C28H33N7O2/c1-34(17-29)22-15-28(16-22)8-6-20(7-9-28)27(36)32-21-4-2-19(3-5-21)24-14-23-25(33-24)30-18-31-26(23)35-10-12-37-13-11-35/h2-5,14,18,20,22H,6-13,15-16H2,1H3,(H,32,36)(H,30,31,33). The van der Waals surface area contributed by atoms with E-state index < -0.39 is 0 Å². The van der Waals surface area contributed by atoms with E-state index >= 15 is 0 Å². The molecule has 0 atom stereocenters. The van der Waals surface area contributed by atoms with Gasteiger partial charge in [0.25, 0.3) is 0 Å². The fourth-order valence-corrected chi connectivity index (χ4v) is 6.28. The molecule has 2 aliphatic carbocycles. The molecule has 192 valence electrons. The van der Waals surface area contributed by atoms with Gasteiger partial charge in [-0.05, 0) is 67.7 Å². The minimum atomic E-state index is 0.0592. The Bertz CT molecular complexity index is 1310. The summed E-state index contributed by atoms with van der Waals surface area (Å²) in [6.45, 7) is 3.06. The molecule has 1 aliphatic heterocycles. The molecule has 1 spiro atoms. The van der Waals surface area contributed by atoms with E-state index in [0.717, 1.165) is 85.4 Å². The maximum Gasteiger partial charge on any atom is 0.227 e. The molecule has 0 radical (unpaired) electrons. The first-order valence-corrected chi connectivity index (χ1v) is 13.2. The molecule has 1 aromatic carbocycles. The third-order valence-electron chi connectivity index (χ3n) is 8.64. The average Bonchev–Trinajstić information content (AvgIpc) is 3.37. The molecular formula is C28H33N7O2. The van der Waals surface area contributed by atoms with Crippen molar-refractivity contribution in [2.75, 3.05) is 43.6 Å². The number of aromatic amines is 1. The number of nitrogens with one attached hydrogen (secondary N) is 2. The SMILES string of the molecule is CN(C#N)C1CC2(CCC(C(=O)Nc3ccc(-c4cc5c(N6CCOCC6)ncnc5[nH]4)cc3)CC2)C1. The Kier molecular flexibility index (Phi) is 6.21. The van der Waals surface area contributed by atoms with Crippen LogP contribution in [0.15, 0.2) is 36.7 Å². The highest BCUT2D eigenvalue weighted by Crippen LogP contribution is 2.54. The smallest absolute Gasteiger partial charge is 0.227 e. The van der Waals surface area contributed by atoms with Gasteiger partial charge in [-0.15, -0.1) is 0 Å². The normalized spacial score (nSPS) is 25.5. The predicted octanol–water partition coefficient (Wildman–Crippen LogP) is 4.15. The summed E-state index contributed by atoms with van der Waals surface area (Å²) in [6, 6.07) is 10.5. The van der Waals surface area contributed by atoms with Crippen LogP contribution in [0, 0.1) is 22.8 Å². The summed E-state index contributed by atoms with van der Waals surface area (Å²) >= 11 is 0. The Morgan fingerprint density at radius 3 is 2.62 bits per heavy atom. The van der Waals surface area contributed by atoms with Crippen molar-refractivity contribution in [1.82, 2.24) is 19.9 Å². The summed E-state index contributed by atoms with van der Waals surface area (Å²) in [5.41, 5.74) is 3.99. The molecule has 0 unspecified atom stereocenters. The molecule has 1 saturated heterocycles. The van der Waals surface area contributed by atoms with Crippen LogP contribution >= 0.6 is 0 Å². The molecule has 0 bridgehead atoms. The summed E-state index contributed by atoms with van der Waals surface area (Å²) in [7, 11) is 1.87. The van der Waals surface area contributed by atoms with Gasteiger partial charge in [0.2, 0.25) is 5.91 Å². The van der Waals surface area contributed by atoms with Crippen LogP contribution in [0.25, 0.3) is 22.3 Å². The molecule has 9 nitrogen and oxygen atoms in total. The molecule has 3 aliphatic rings. The number of carbonyl (C=O) groups is 1. The van der Waals surface area contributed by atoms with Crippen molar-refractivity contribution in [1.29, 1.82) is 5.26 Å². The number of aromatic nitrogens is 3. The topological polar surface area (TPSA) is 110 Å². The van der Waals surface area contributed by atoms with Gasteiger partial charge in [-0.3, -0.25) is 4.79 Å². The lowest BCUT2D eigenvalue weighted by atomic mass is 9.56. The highest BCUT2D eigenvalue weighted by molar-refractivity contribution is 5.94. The van der Waals surface area contributed by atoms with Crippen molar-refractivity contribution >= 4 is 28.4 Å². The van der Waals surface area contributed by atoms with Gasteiger partial charge in [0.1, 0.15) is 17.8 Å². The van der Waals surface area contributed by atoms with Crippen LogP contribution < -0.4 is 10.2 Å². The number of H-pyrrole nitrogens is 1. The molecule has 37 heavy (non-hydrogen) atoms.